The van der Waals surface area contributed by atoms with Gasteiger partial charge in [0.25, 0.3) is 0 Å². The minimum atomic E-state index is -1.63. The molecule has 2 heterocycles. The lowest BCUT2D eigenvalue weighted by molar-refractivity contribution is -0.210. The molecule has 0 aromatic carbocycles. The molecule has 70 heavy (non-hydrogen) atoms. The Balaban J connectivity index is 1.21. The van der Waals surface area contributed by atoms with Crippen LogP contribution in [0, 0.1) is 69.0 Å². The highest BCUT2D eigenvalue weighted by molar-refractivity contribution is 8.76. The molecular formula is C55H88N6O7S2. The van der Waals surface area contributed by atoms with Gasteiger partial charge in [0.15, 0.2) is 11.7 Å². The maximum Gasteiger partial charge on any atom is 0.190 e. The molecule has 9 rings (SSSR count). The second-order valence-electron chi connectivity index (χ2n) is 24.8. The molecule has 10 N–H and O–H groups in total. The zero-order chi connectivity index (χ0) is 49.8. The molecule has 1 spiro atoms. The molecular weight excluding hydrogens is 921 g/mol. The highest BCUT2D eigenvalue weighted by atomic mass is 33.1. The van der Waals surface area contributed by atoms with Gasteiger partial charge in [-0.05, 0) is 155 Å². The van der Waals surface area contributed by atoms with Crippen LogP contribution in [0.25, 0.3) is 0 Å². The zero-order valence-corrected chi connectivity index (χ0v) is 44.5. The van der Waals surface area contributed by atoms with Crippen molar-refractivity contribution in [3.63, 3.8) is 0 Å². The Morgan fingerprint density at radius 3 is 2.40 bits per heavy atom. The number of aliphatic imine (C=N–C) groups is 1. The van der Waals surface area contributed by atoms with Gasteiger partial charge in [0, 0.05) is 66.2 Å². The minimum Gasteiger partial charge on any atom is -0.396 e. The number of fused-ring (bicyclic) bond motifs is 9. The SMILES string of the molecule is CNC[C@H]1[C@@H](O)[C@@H](O)C[C@]2(C3CCCCC3)[C@@H]3C(=CC(=O)[C@H]12)[C@]1(O)[C@H]2CSSC[C@@H](n4ccnc4)CC(C)(C)/C(=C4\CCCC5(CCCC5)C4)C[C@@H](O)[C@@H](C)[C@@H](C2)[C@@]1(CO)C[C@@H]3CN=C(N)N[C@@H](C)O. The number of carbonyl (C=O) groups is 1. The monoisotopic (exact) mass is 1010 g/mol. The number of rotatable bonds is 8. The minimum absolute atomic E-state index is 0.0380. The van der Waals surface area contributed by atoms with Crippen molar-refractivity contribution in [2.24, 2.45) is 79.7 Å². The normalized spacial score (nSPS) is 43.1. The Bertz CT molecular complexity index is 2090. The average molecular weight is 1010 g/mol. The summed E-state index contributed by atoms with van der Waals surface area (Å²) in [6, 6.07) is 0.142. The molecule has 0 amide bonds. The summed E-state index contributed by atoms with van der Waals surface area (Å²) in [4.78, 5) is 25.0. The van der Waals surface area contributed by atoms with Crippen LogP contribution in [0.1, 0.15) is 149 Å². The van der Waals surface area contributed by atoms with E-state index in [1.165, 1.54) is 49.7 Å². The van der Waals surface area contributed by atoms with Crippen LogP contribution in [0.3, 0.4) is 0 Å². The van der Waals surface area contributed by atoms with E-state index in [9.17, 15) is 30.6 Å². The van der Waals surface area contributed by atoms with Crippen LogP contribution in [0.4, 0.5) is 0 Å². The molecule has 6 saturated carbocycles. The Kier molecular flexibility index (Phi) is 15.9. The number of carbonyl (C=O) groups excluding carboxylic acids is 1. The molecule has 7 aliphatic carbocycles. The number of nitrogens with one attached hydrogen (secondary N) is 2. The number of nitrogens with two attached hydrogens (primary N) is 1. The van der Waals surface area contributed by atoms with Crippen molar-refractivity contribution < 1.29 is 35.4 Å². The highest BCUT2D eigenvalue weighted by Crippen LogP contribution is 2.74. The van der Waals surface area contributed by atoms with Crippen molar-refractivity contribution in [2.75, 3.05) is 38.2 Å². The first-order valence-corrected chi connectivity index (χ1v) is 29.9. The maximum absolute atomic E-state index is 15.6. The summed E-state index contributed by atoms with van der Waals surface area (Å²) in [5, 5.41) is 80.5. The highest BCUT2D eigenvalue weighted by Gasteiger charge is 2.75. The van der Waals surface area contributed by atoms with Crippen LogP contribution in [0.15, 0.2) is 46.5 Å². The number of aromatic nitrogens is 2. The van der Waals surface area contributed by atoms with Gasteiger partial charge in [-0.15, -0.1) is 0 Å². The van der Waals surface area contributed by atoms with Gasteiger partial charge in [0.05, 0.1) is 36.8 Å². The fraction of sp³-hybridized carbons (Fsp3) is 0.836. The molecule has 392 valence electrons. The van der Waals surface area contributed by atoms with E-state index in [0.29, 0.717) is 42.5 Å². The Morgan fingerprint density at radius 1 is 0.986 bits per heavy atom. The number of allylic oxidation sites excluding steroid dienone is 2. The molecule has 1 aromatic rings. The molecule has 0 unspecified atom stereocenters. The lowest BCUT2D eigenvalue weighted by Gasteiger charge is -2.67. The zero-order valence-electron chi connectivity index (χ0n) is 42.9. The number of aliphatic hydroxyl groups excluding tert-OH is 5. The van der Waals surface area contributed by atoms with E-state index in [1.807, 2.05) is 30.4 Å². The number of hydrogen-bond donors (Lipinski definition) is 9. The molecule has 2 bridgehead atoms. The Morgan fingerprint density at radius 2 is 1.71 bits per heavy atom. The van der Waals surface area contributed by atoms with Gasteiger partial charge in [-0.25, -0.2) is 4.98 Å². The van der Waals surface area contributed by atoms with Crippen LogP contribution in [-0.4, -0.2) is 120 Å². The van der Waals surface area contributed by atoms with Crippen molar-refractivity contribution in [3.8, 4) is 0 Å². The Hall–Kier alpha value is -1.95. The molecule has 0 radical (unpaired) electrons. The number of guanidine groups is 1. The third-order valence-corrected chi connectivity index (χ3v) is 23.2. The first-order valence-electron chi connectivity index (χ1n) is 27.4. The van der Waals surface area contributed by atoms with Crippen LogP contribution in [0.5, 0.6) is 0 Å². The van der Waals surface area contributed by atoms with Gasteiger partial charge in [-0.3, -0.25) is 9.79 Å². The molecule has 8 aliphatic rings. The van der Waals surface area contributed by atoms with Crippen LogP contribution >= 0.6 is 21.6 Å². The molecule has 7 fully saturated rings. The summed E-state index contributed by atoms with van der Waals surface area (Å²) < 4.78 is 2.26. The van der Waals surface area contributed by atoms with Crippen LogP contribution in [0.2, 0.25) is 0 Å². The van der Waals surface area contributed by atoms with Gasteiger partial charge >= 0.3 is 0 Å². The smallest absolute Gasteiger partial charge is 0.190 e. The number of hydrogen-bond acceptors (Lipinski definition) is 12. The topological polar surface area (TPSA) is 219 Å². The summed E-state index contributed by atoms with van der Waals surface area (Å²) in [7, 11) is 5.43. The molecule has 13 nitrogen and oxygen atoms in total. The van der Waals surface area contributed by atoms with Crippen molar-refractivity contribution in [1.29, 1.82) is 0 Å². The first kappa shape index (κ1) is 52.9. The van der Waals surface area contributed by atoms with E-state index in [2.05, 4.69) is 47.2 Å². The van der Waals surface area contributed by atoms with E-state index >= 15 is 4.79 Å². The molecule has 1 saturated heterocycles. The van der Waals surface area contributed by atoms with Crippen LogP contribution < -0.4 is 16.4 Å². The van der Waals surface area contributed by atoms with Crippen molar-refractivity contribution in [3.05, 3.63) is 41.5 Å². The molecule has 1 aromatic heterocycles. The van der Waals surface area contributed by atoms with Crippen molar-refractivity contribution >= 4 is 33.3 Å². The largest absolute Gasteiger partial charge is 0.396 e. The quantitative estimate of drug-likeness (QED) is 0.0425. The second-order valence-corrected chi connectivity index (χ2v) is 27.3. The first-order chi connectivity index (χ1) is 33.4. The lowest BCUT2D eigenvalue weighted by Crippen LogP contribution is -2.70. The Labute approximate surface area is 426 Å². The second kappa shape index (κ2) is 21.0. The van der Waals surface area contributed by atoms with Gasteiger partial charge in [0.2, 0.25) is 0 Å². The third-order valence-electron chi connectivity index (χ3n) is 20.6. The fourth-order valence-corrected chi connectivity index (χ4v) is 20.5. The van der Waals surface area contributed by atoms with Crippen molar-refractivity contribution in [2.45, 2.75) is 179 Å². The summed E-state index contributed by atoms with van der Waals surface area (Å²) in [6.45, 7) is 8.74. The van der Waals surface area contributed by atoms with Gasteiger partial charge < -0.3 is 51.6 Å². The summed E-state index contributed by atoms with van der Waals surface area (Å²) in [5.41, 5.74) is 6.59. The number of nitrogens with zero attached hydrogens (tertiary/aromatic N) is 3. The third kappa shape index (κ3) is 9.23. The van der Waals surface area contributed by atoms with Gasteiger partial charge in [0.1, 0.15) is 6.23 Å². The lowest BCUT2D eigenvalue weighted by atomic mass is 9.37. The van der Waals surface area contributed by atoms with Crippen molar-refractivity contribution in [1.82, 2.24) is 20.2 Å². The van der Waals surface area contributed by atoms with E-state index in [1.54, 1.807) is 23.8 Å². The molecule has 15 atom stereocenters. The van der Waals surface area contributed by atoms with Crippen LogP contribution in [-0.2, 0) is 4.79 Å². The number of imidazole rings is 1. The number of ketones is 1. The predicted octanol–water partition coefficient (Wildman–Crippen LogP) is 6.93. The standard InChI is InChI=1S/C55H88N6O7S2/c1-33-41-20-38(29-69-70-30-39(61-19-18-58-32-61)25-51(3,4)42(21-44(33)64)35-12-11-17-52(23-35)15-9-10-16-52)55(68)43-22-45(65)48-40(28-57-5)49(67)46(66)26-54(48,37-13-7-6-8-14-37)47(43)36(24-53(41,55)31-62)27-59-50(56)60-34(2)63/h18-19,22,32-34,36-41,44,46-49,57,62-64,66-68H,6-17,20-21,23-31H2,1-5H3,(H3,56,59,60)/b42-35+/t33-,34+,36+,38+,39-,40+,41+,44+,46-,47-,48-,49+,53-,54-,55+/m0/s1. The van der Waals surface area contributed by atoms with E-state index in [0.717, 1.165) is 57.1 Å². The fourth-order valence-electron chi connectivity index (χ4n) is 17.8. The summed E-state index contributed by atoms with van der Waals surface area (Å²) >= 11 is 0. The maximum atomic E-state index is 15.6. The van der Waals surface area contributed by atoms with Gasteiger partial charge in [-0.1, -0.05) is 85.6 Å². The number of aliphatic hydroxyl groups is 6. The predicted molar refractivity (Wildman–Crippen MR) is 279 cm³/mol. The molecule has 1 aliphatic heterocycles. The van der Waals surface area contributed by atoms with E-state index < -0.39 is 58.7 Å². The van der Waals surface area contributed by atoms with E-state index in [4.69, 9.17) is 10.7 Å². The van der Waals surface area contributed by atoms with E-state index in [-0.39, 0.29) is 72.4 Å². The average Bonchev–Trinajstić information content (AvgIpc) is 4.09. The summed E-state index contributed by atoms with van der Waals surface area (Å²) in [6.07, 6.45) is 20.9. The summed E-state index contributed by atoms with van der Waals surface area (Å²) in [5.74, 6) is -1.51. The van der Waals surface area contributed by atoms with Gasteiger partial charge in [-0.2, -0.15) is 0 Å². The molecule has 15 heteroatoms.